The molecule has 0 bridgehead atoms. The number of nitrogens with zero attached hydrogens (tertiary/aromatic N) is 3. The lowest BCUT2D eigenvalue weighted by molar-refractivity contribution is 0.507. The molecule has 0 spiro atoms. The Bertz CT molecular complexity index is 929. The molecule has 4 nitrogen and oxygen atoms in total. The van der Waals surface area contributed by atoms with Gasteiger partial charge in [-0.15, -0.1) is 11.3 Å². The molecule has 2 atom stereocenters. The Balaban J connectivity index is 1.74. The first-order valence-electron chi connectivity index (χ1n) is 8.53. The molecule has 3 heterocycles. The minimum atomic E-state index is 0.0664. The number of pyridine rings is 1. The van der Waals surface area contributed by atoms with Gasteiger partial charge in [0.25, 0.3) is 5.56 Å². The molecule has 3 aromatic rings. The number of hydrogen-bond donors (Lipinski definition) is 0. The van der Waals surface area contributed by atoms with Crippen molar-refractivity contribution in [1.29, 1.82) is 0 Å². The van der Waals surface area contributed by atoms with Gasteiger partial charge in [-0.25, -0.2) is 4.98 Å². The molecular formula is C19H21N3OS. The normalized spacial score (nSPS) is 18.5. The topological polar surface area (TPSA) is 47.8 Å². The van der Waals surface area contributed by atoms with E-state index in [2.05, 4.69) is 23.8 Å². The Hall–Kier alpha value is -2.01. The molecule has 0 fully saturated rings. The summed E-state index contributed by atoms with van der Waals surface area (Å²) in [6, 6.07) is 4.05. The highest BCUT2D eigenvalue weighted by Crippen LogP contribution is 2.35. The van der Waals surface area contributed by atoms with Gasteiger partial charge in [-0.1, -0.05) is 13.0 Å². The molecule has 0 unspecified atom stereocenters. The molecule has 124 valence electrons. The van der Waals surface area contributed by atoms with Gasteiger partial charge < -0.3 is 0 Å². The average Bonchev–Trinajstić information content (AvgIpc) is 2.94. The van der Waals surface area contributed by atoms with Crippen molar-refractivity contribution in [3.05, 3.63) is 57.2 Å². The first-order chi connectivity index (χ1) is 11.6. The number of hydrogen-bond acceptors (Lipinski definition) is 4. The summed E-state index contributed by atoms with van der Waals surface area (Å²) in [7, 11) is 0. The molecule has 3 aromatic heterocycles. The molecular weight excluding hydrogens is 318 g/mol. The molecule has 0 aliphatic heterocycles. The highest BCUT2D eigenvalue weighted by atomic mass is 32.1. The molecule has 24 heavy (non-hydrogen) atoms. The summed E-state index contributed by atoms with van der Waals surface area (Å²) in [5.74, 6) is 0.706. The third-order valence-corrected chi connectivity index (χ3v) is 6.13. The standard InChI is InChI=1S/C19H21N3OS/c1-12-5-6-15-16(8-12)24-18-17(15)19(23)22(11-21-18)13(2)9-14-4-3-7-20-10-14/h3-4,7,10-13H,5-6,8-9H2,1-2H3/t12-,13+/m1/s1. The lowest BCUT2D eigenvalue weighted by Gasteiger charge is -2.18. The third kappa shape index (κ3) is 2.67. The molecule has 4 rings (SSSR count). The van der Waals surface area contributed by atoms with Crippen LogP contribution in [0, 0.1) is 5.92 Å². The van der Waals surface area contributed by atoms with E-state index in [-0.39, 0.29) is 11.6 Å². The smallest absolute Gasteiger partial charge is 0.262 e. The summed E-state index contributed by atoms with van der Waals surface area (Å²) >= 11 is 1.71. The lowest BCUT2D eigenvalue weighted by atomic mass is 9.89. The minimum absolute atomic E-state index is 0.0664. The first kappa shape index (κ1) is 15.5. The van der Waals surface area contributed by atoms with Crippen molar-refractivity contribution in [3.63, 3.8) is 0 Å². The number of fused-ring (bicyclic) bond motifs is 3. The van der Waals surface area contributed by atoms with E-state index in [1.165, 1.54) is 16.9 Å². The summed E-state index contributed by atoms with van der Waals surface area (Å²) in [4.78, 5) is 24.1. The van der Waals surface area contributed by atoms with Crippen molar-refractivity contribution in [1.82, 2.24) is 14.5 Å². The SMILES string of the molecule is C[C@@H]1CCc2c(sc3ncn([C@@H](C)Cc4cccnc4)c(=O)c23)C1. The molecule has 5 heteroatoms. The van der Waals surface area contributed by atoms with E-state index >= 15 is 0 Å². The van der Waals surface area contributed by atoms with Crippen LogP contribution in [0.3, 0.4) is 0 Å². The van der Waals surface area contributed by atoms with Crippen molar-refractivity contribution in [2.24, 2.45) is 5.92 Å². The highest BCUT2D eigenvalue weighted by molar-refractivity contribution is 7.18. The van der Waals surface area contributed by atoms with Gasteiger partial charge in [-0.3, -0.25) is 14.3 Å². The zero-order valence-electron chi connectivity index (χ0n) is 14.0. The van der Waals surface area contributed by atoms with Crippen LogP contribution in [0.1, 0.15) is 42.3 Å². The second-order valence-corrected chi connectivity index (χ2v) is 7.99. The minimum Gasteiger partial charge on any atom is -0.295 e. The molecule has 1 aliphatic carbocycles. The second-order valence-electron chi connectivity index (χ2n) is 6.90. The predicted molar refractivity (Wildman–Crippen MR) is 97.7 cm³/mol. The van der Waals surface area contributed by atoms with Gasteiger partial charge in [0, 0.05) is 23.3 Å². The van der Waals surface area contributed by atoms with Crippen LogP contribution in [0.2, 0.25) is 0 Å². The fourth-order valence-electron chi connectivity index (χ4n) is 3.62. The summed E-state index contributed by atoms with van der Waals surface area (Å²) in [5.41, 5.74) is 2.51. The van der Waals surface area contributed by atoms with Crippen molar-refractivity contribution >= 4 is 21.6 Å². The zero-order valence-corrected chi connectivity index (χ0v) is 14.8. The Labute approximate surface area is 145 Å². The van der Waals surface area contributed by atoms with Gasteiger partial charge in [-0.05, 0) is 55.7 Å². The van der Waals surface area contributed by atoms with Crippen LogP contribution in [0.25, 0.3) is 10.2 Å². The van der Waals surface area contributed by atoms with Crippen LogP contribution >= 0.6 is 11.3 Å². The number of aromatic nitrogens is 3. The molecule has 0 N–H and O–H groups in total. The Morgan fingerprint density at radius 1 is 1.46 bits per heavy atom. The predicted octanol–water partition coefficient (Wildman–Crippen LogP) is 3.78. The average molecular weight is 339 g/mol. The van der Waals surface area contributed by atoms with Crippen LogP contribution in [0.5, 0.6) is 0 Å². The largest absolute Gasteiger partial charge is 0.295 e. The van der Waals surface area contributed by atoms with Crippen molar-refractivity contribution < 1.29 is 0 Å². The van der Waals surface area contributed by atoms with Gasteiger partial charge >= 0.3 is 0 Å². The highest BCUT2D eigenvalue weighted by Gasteiger charge is 2.23. The molecule has 0 saturated heterocycles. The fraction of sp³-hybridized carbons (Fsp3) is 0.421. The monoisotopic (exact) mass is 339 g/mol. The third-order valence-electron chi connectivity index (χ3n) is 4.97. The van der Waals surface area contributed by atoms with Gasteiger partial charge in [0.15, 0.2) is 0 Å². The van der Waals surface area contributed by atoms with E-state index in [1.54, 1.807) is 28.4 Å². The lowest BCUT2D eigenvalue weighted by Crippen LogP contribution is -2.25. The van der Waals surface area contributed by atoms with E-state index in [4.69, 9.17) is 0 Å². The maximum Gasteiger partial charge on any atom is 0.262 e. The van der Waals surface area contributed by atoms with Crippen LogP contribution in [0.15, 0.2) is 35.6 Å². The summed E-state index contributed by atoms with van der Waals surface area (Å²) in [6.07, 6.45) is 9.39. The zero-order chi connectivity index (χ0) is 16.7. The Morgan fingerprint density at radius 3 is 3.12 bits per heavy atom. The molecule has 0 saturated carbocycles. The van der Waals surface area contributed by atoms with Crippen LogP contribution in [0.4, 0.5) is 0 Å². The van der Waals surface area contributed by atoms with Crippen molar-refractivity contribution in [2.75, 3.05) is 0 Å². The summed E-state index contributed by atoms with van der Waals surface area (Å²) in [5, 5.41) is 0.863. The molecule has 0 radical (unpaired) electrons. The van der Waals surface area contributed by atoms with Crippen molar-refractivity contribution in [3.8, 4) is 0 Å². The fourth-order valence-corrected chi connectivity index (χ4v) is 4.96. The van der Waals surface area contributed by atoms with Crippen molar-refractivity contribution in [2.45, 2.75) is 45.6 Å². The van der Waals surface area contributed by atoms with Crippen LogP contribution in [-0.2, 0) is 19.3 Å². The number of rotatable bonds is 3. The maximum absolute atomic E-state index is 13.1. The second kappa shape index (κ2) is 6.13. The van der Waals surface area contributed by atoms with E-state index in [0.717, 1.165) is 35.0 Å². The number of aryl methyl sites for hydroxylation is 1. The van der Waals surface area contributed by atoms with Gasteiger partial charge in [-0.2, -0.15) is 0 Å². The summed E-state index contributed by atoms with van der Waals surface area (Å²) in [6.45, 7) is 4.36. The quantitative estimate of drug-likeness (QED) is 0.729. The number of thiophene rings is 1. The van der Waals surface area contributed by atoms with Crippen LogP contribution < -0.4 is 5.56 Å². The van der Waals surface area contributed by atoms with E-state index in [1.807, 2.05) is 18.3 Å². The molecule has 0 aromatic carbocycles. The molecule has 1 aliphatic rings. The van der Waals surface area contributed by atoms with Gasteiger partial charge in [0.2, 0.25) is 0 Å². The van der Waals surface area contributed by atoms with E-state index < -0.39 is 0 Å². The Kier molecular flexibility index (Phi) is 3.96. The van der Waals surface area contributed by atoms with Crippen LogP contribution in [-0.4, -0.2) is 14.5 Å². The Morgan fingerprint density at radius 2 is 2.33 bits per heavy atom. The van der Waals surface area contributed by atoms with E-state index in [9.17, 15) is 4.79 Å². The van der Waals surface area contributed by atoms with E-state index in [0.29, 0.717) is 5.92 Å². The maximum atomic E-state index is 13.1. The van der Waals surface area contributed by atoms with Gasteiger partial charge in [0.1, 0.15) is 4.83 Å². The summed E-state index contributed by atoms with van der Waals surface area (Å²) < 4.78 is 1.79. The van der Waals surface area contributed by atoms with Gasteiger partial charge in [0.05, 0.1) is 11.7 Å². The molecule has 0 amide bonds. The first-order valence-corrected chi connectivity index (χ1v) is 9.35.